The van der Waals surface area contributed by atoms with Gasteiger partial charge in [-0.05, 0) is 183 Å². The first kappa shape index (κ1) is 46.3. The largest absolute Gasteiger partial charge is 0.311 e. The predicted molar refractivity (Wildman–Crippen MR) is 327 cm³/mol. The lowest BCUT2D eigenvalue weighted by Gasteiger charge is -2.28. The van der Waals surface area contributed by atoms with E-state index in [9.17, 15) is 0 Å². The second kappa shape index (κ2) is 19.2. The van der Waals surface area contributed by atoms with Gasteiger partial charge in [-0.3, -0.25) is 0 Å². The van der Waals surface area contributed by atoms with Crippen molar-refractivity contribution in [3.05, 3.63) is 278 Å². The van der Waals surface area contributed by atoms with Gasteiger partial charge in [-0.25, -0.2) is 9.97 Å². The van der Waals surface area contributed by atoms with Crippen LogP contribution in [0.25, 0.3) is 86.1 Å². The maximum absolute atomic E-state index is 4.97. The van der Waals surface area contributed by atoms with Crippen LogP contribution >= 0.6 is 22.7 Å². The first-order chi connectivity index (χ1) is 37.9. The topological polar surface area (TPSA) is 32.3 Å². The van der Waals surface area contributed by atoms with Crippen molar-refractivity contribution in [3.8, 4) is 65.6 Å². The van der Waals surface area contributed by atoms with Gasteiger partial charge >= 0.3 is 0 Å². The van der Waals surface area contributed by atoms with Gasteiger partial charge in [0.1, 0.15) is 10.0 Å². The first-order valence-electron chi connectivity index (χ1n) is 26.1. The summed E-state index contributed by atoms with van der Waals surface area (Å²) in [6.45, 7) is 4.76. The molecule has 366 valence electrons. The summed E-state index contributed by atoms with van der Waals surface area (Å²) in [5, 5.41) is 2.05. The summed E-state index contributed by atoms with van der Waals surface area (Å²) in [7, 11) is 0. The van der Waals surface area contributed by atoms with Gasteiger partial charge in [0.2, 0.25) is 0 Å². The Kier molecular flexibility index (Phi) is 11.5. The second-order valence-electron chi connectivity index (χ2n) is 20.2. The third-order valence-electron chi connectivity index (χ3n) is 15.2. The van der Waals surface area contributed by atoms with E-state index in [-0.39, 0.29) is 5.41 Å². The SMILES string of the molecule is CC1(C)c2cc(-c3ccc(N(c4ccc(-c5ccccc5)cc4)c4ccc(-c5nc6ccccc6s5)cc4)cc3)ccc2-c2ccc(N(c3ccc(-c4ccccc4)cc3)c3ccc(-c4nc5ccccc5s4)cc3)cc21. The molecule has 0 radical (unpaired) electrons. The number of benzene rings is 11. The molecule has 2 heterocycles. The summed E-state index contributed by atoms with van der Waals surface area (Å²) < 4.78 is 2.39. The molecular weight excluding hydrogens is 973 g/mol. The fourth-order valence-corrected chi connectivity index (χ4v) is 13.0. The summed E-state index contributed by atoms with van der Waals surface area (Å²) in [5.41, 5.74) is 23.0. The minimum absolute atomic E-state index is 0.254. The maximum atomic E-state index is 4.97. The van der Waals surface area contributed by atoms with Crippen molar-refractivity contribution in [2.75, 3.05) is 9.80 Å². The average molecular weight is 1020 g/mol. The highest BCUT2D eigenvalue weighted by Gasteiger charge is 2.36. The van der Waals surface area contributed by atoms with E-state index < -0.39 is 0 Å². The van der Waals surface area contributed by atoms with E-state index in [0.29, 0.717) is 0 Å². The Morgan fingerprint density at radius 3 is 1.03 bits per heavy atom. The molecule has 0 saturated carbocycles. The third kappa shape index (κ3) is 8.58. The number of hydrogen-bond donors (Lipinski definition) is 0. The molecule has 1 aliphatic carbocycles. The van der Waals surface area contributed by atoms with Crippen molar-refractivity contribution in [3.63, 3.8) is 0 Å². The van der Waals surface area contributed by atoms with E-state index in [1.807, 2.05) is 0 Å². The minimum Gasteiger partial charge on any atom is -0.311 e. The van der Waals surface area contributed by atoms with E-state index in [0.717, 1.165) is 66.3 Å². The fourth-order valence-electron chi connectivity index (χ4n) is 11.1. The Balaban J connectivity index is 0.783. The molecule has 13 aromatic rings. The molecule has 0 aliphatic heterocycles. The molecule has 4 nitrogen and oxygen atoms in total. The van der Waals surface area contributed by atoms with Gasteiger partial charge in [0.25, 0.3) is 0 Å². The molecule has 0 N–H and O–H groups in total. The molecule has 14 rings (SSSR count). The first-order valence-corrected chi connectivity index (χ1v) is 27.7. The van der Waals surface area contributed by atoms with Crippen LogP contribution in [0.2, 0.25) is 0 Å². The third-order valence-corrected chi connectivity index (χ3v) is 17.3. The molecule has 0 spiro atoms. The van der Waals surface area contributed by atoms with Crippen LogP contribution in [0.4, 0.5) is 34.1 Å². The van der Waals surface area contributed by atoms with Gasteiger partial charge in [-0.2, -0.15) is 0 Å². The van der Waals surface area contributed by atoms with Crippen LogP contribution < -0.4 is 9.80 Å². The number of fused-ring (bicyclic) bond motifs is 5. The zero-order valence-corrected chi connectivity index (χ0v) is 44.1. The highest BCUT2D eigenvalue weighted by molar-refractivity contribution is 7.22. The van der Waals surface area contributed by atoms with Crippen molar-refractivity contribution in [2.24, 2.45) is 0 Å². The quantitative estimate of drug-likeness (QED) is 0.129. The molecule has 11 aromatic carbocycles. The zero-order chi connectivity index (χ0) is 51.5. The molecule has 2 aromatic heterocycles. The smallest absolute Gasteiger partial charge is 0.124 e. The van der Waals surface area contributed by atoms with Gasteiger partial charge in [0.15, 0.2) is 0 Å². The Labute approximate surface area is 457 Å². The number of rotatable bonds is 11. The summed E-state index contributed by atoms with van der Waals surface area (Å²) in [4.78, 5) is 14.7. The molecule has 1 aliphatic rings. The number of aromatic nitrogens is 2. The summed E-state index contributed by atoms with van der Waals surface area (Å²) in [6.07, 6.45) is 0. The lowest BCUT2D eigenvalue weighted by atomic mass is 9.81. The lowest BCUT2D eigenvalue weighted by Crippen LogP contribution is -2.16. The van der Waals surface area contributed by atoms with Crippen LogP contribution in [0.3, 0.4) is 0 Å². The number of nitrogens with zero attached hydrogens (tertiary/aromatic N) is 4. The molecule has 6 heteroatoms. The number of thiazole rings is 2. The highest BCUT2D eigenvalue weighted by atomic mass is 32.1. The standard InChI is InChI=1S/C71H50N4S2/c1-71(2)63-45-54(51-25-36-56(37-26-51)74(55-32-21-49(22-33-55)47-13-5-3-6-14-47)57-38-27-52(28-39-57)69-72-65-17-9-11-19-67(65)76-69)31-43-61(63)62-44-42-60(46-64(62)71)75(58-34-23-50(24-35-58)48-15-7-4-8-16-48)59-40-29-53(30-41-59)70-73-66-18-10-12-20-68(66)77-70/h3-46H,1-2H3. The normalized spacial score (nSPS) is 12.4. The Morgan fingerprint density at radius 2 is 0.597 bits per heavy atom. The van der Waals surface area contributed by atoms with Gasteiger partial charge < -0.3 is 9.80 Å². The maximum Gasteiger partial charge on any atom is 0.124 e. The average Bonchev–Trinajstić information content (AvgIpc) is 4.21. The van der Waals surface area contributed by atoms with Crippen LogP contribution in [-0.2, 0) is 5.41 Å². The van der Waals surface area contributed by atoms with Gasteiger partial charge in [0, 0.05) is 50.7 Å². The fraction of sp³-hybridized carbons (Fsp3) is 0.0423. The van der Waals surface area contributed by atoms with E-state index in [4.69, 9.17) is 9.97 Å². The van der Waals surface area contributed by atoms with Crippen LogP contribution in [0, 0.1) is 0 Å². The summed E-state index contributed by atoms with van der Waals surface area (Å²) in [5.74, 6) is 0. The summed E-state index contributed by atoms with van der Waals surface area (Å²) in [6, 6.07) is 96.6. The Morgan fingerprint density at radius 1 is 0.286 bits per heavy atom. The molecule has 0 unspecified atom stereocenters. The molecule has 77 heavy (non-hydrogen) atoms. The highest BCUT2D eigenvalue weighted by Crippen LogP contribution is 2.52. The van der Waals surface area contributed by atoms with Gasteiger partial charge in [-0.15, -0.1) is 22.7 Å². The summed E-state index contributed by atoms with van der Waals surface area (Å²) >= 11 is 3.47. The molecule has 0 amide bonds. The van der Waals surface area contributed by atoms with Gasteiger partial charge in [0.05, 0.1) is 20.4 Å². The van der Waals surface area contributed by atoms with Crippen molar-refractivity contribution in [1.29, 1.82) is 0 Å². The Bertz CT molecular complexity index is 4190. The molecular formula is C71H50N4S2. The van der Waals surface area contributed by atoms with E-state index in [1.54, 1.807) is 22.7 Å². The van der Waals surface area contributed by atoms with E-state index in [2.05, 4.69) is 291 Å². The van der Waals surface area contributed by atoms with E-state index >= 15 is 0 Å². The van der Waals surface area contributed by atoms with Crippen molar-refractivity contribution in [2.45, 2.75) is 19.3 Å². The Hall–Kier alpha value is -9.20. The van der Waals surface area contributed by atoms with Crippen LogP contribution in [0.1, 0.15) is 25.0 Å². The predicted octanol–water partition coefficient (Wildman–Crippen LogP) is 20.5. The van der Waals surface area contributed by atoms with Crippen LogP contribution in [-0.4, -0.2) is 9.97 Å². The van der Waals surface area contributed by atoms with Crippen molar-refractivity contribution < 1.29 is 0 Å². The molecule has 0 fully saturated rings. The molecule has 0 bridgehead atoms. The molecule has 0 atom stereocenters. The van der Waals surface area contributed by atoms with Gasteiger partial charge in [-0.1, -0.05) is 153 Å². The van der Waals surface area contributed by atoms with Crippen molar-refractivity contribution in [1.82, 2.24) is 9.97 Å². The lowest BCUT2D eigenvalue weighted by molar-refractivity contribution is 0.660. The van der Waals surface area contributed by atoms with Crippen LogP contribution in [0.15, 0.2) is 267 Å². The van der Waals surface area contributed by atoms with E-state index in [1.165, 1.54) is 65.0 Å². The number of para-hydroxylation sites is 2. The minimum atomic E-state index is -0.254. The monoisotopic (exact) mass is 1020 g/mol. The second-order valence-corrected chi connectivity index (χ2v) is 22.3. The molecule has 0 saturated heterocycles. The zero-order valence-electron chi connectivity index (χ0n) is 42.5. The van der Waals surface area contributed by atoms with Crippen LogP contribution in [0.5, 0.6) is 0 Å². The van der Waals surface area contributed by atoms with Crippen molar-refractivity contribution >= 4 is 77.2 Å². The number of hydrogen-bond acceptors (Lipinski definition) is 6. The number of anilines is 6.